The van der Waals surface area contributed by atoms with Gasteiger partial charge in [-0.2, -0.15) is 0 Å². The van der Waals surface area contributed by atoms with Gasteiger partial charge in [0.25, 0.3) is 0 Å². The molecule has 2 heterocycles. The molecule has 0 bridgehead atoms. The first-order valence-electron chi connectivity index (χ1n) is 5.48. The van der Waals surface area contributed by atoms with Gasteiger partial charge in [0.2, 0.25) is 5.82 Å². The molecule has 0 atom stereocenters. The third kappa shape index (κ3) is 2.72. The van der Waals surface area contributed by atoms with Gasteiger partial charge in [-0.05, 0) is 19.9 Å². The van der Waals surface area contributed by atoms with Crippen molar-refractivity contribution < 1.29 is 14.8 Å². The van der Waals surface area contributed by atoms with Crippen molar-refractivity contribution in [2.45, 2.75) is 13.8 Å². The summed E-state index contributed by atoms with van der Waals surface area (Å²) in [7, 11) is 0. The maximum atomic E-state index is 10.9. The number of thiazole rings is 1. The van der Waals surface area contributed by atoms with E-state index in [1.165, 1.54) is 11.3 Å². The molecule has 2 aromatic rings. The van der Waals surface area contributed by atoms with Crippen molar-refractivity contribution in [1.82, 2.24) is 9.97 Å². The molecule has 0 unspecified atom stereocenters. The molecule has 2 N–H and O–H groups in total. The van der Waals surface area contributed by atoms with Crippen molar-refractivity contribution in [3.8, 4) is 0 Å². The predicted molar refractivity (Wildman–Crippen MR) is 72.7 cm³/mol. The molecule has 0 fully saturated rings. The fourth-order valence-corrected chi connectivity index (χ4v) is 2.25. The largest absolute Gasteiger partial charge is 0.477 e. The second kappa shape index (κ2) is 5.21. The number of carboxylic acid groups (broad SMARTS) is 1. The van der Waals surface area contributed by atoms with Gasteiger partial charge in [-0.15, -0.1) is 11.3 Å². The van der Waals surface area contributed by atoms with E-state index in [2.05, 4.69) is 15.3 Å². The van der Waals surface area contributed by atoms with Crippen LogP contribution >= 0.6 is 11.3 Å². The van der Waals surface area contributed by atoms with Crippen molar-refractivity contribution in [3.63, 3.8) is 0 Å². The standard InChI is InChI=1S/C11H10N4O4S/c1-5-6(2)20-11(12-5)14-9-8(15(18)19)4-3-7(13-9)10(16)17/h3-4H,1-2H3,(H,16,17)(H,12,13,14). The molecule has 8 nitrogen and oxygen atoms in total. The SMILES string of the molecule is Cc1nc(Nc2nc(C(=O)O)ccc2[N+](=O)[O-])sc1C. The number of aryl methyl sites for hydroxylation is 2. The highest BCUT2D eigenvalue weighted by atomic mass is 32.1. The number of hydrogen-bond donors (Lipinski definition) is 2. The normalized spacial score (nSPS) is 10.3. The summed E-state index contributed by atoms with van der Waals surface area (Å²) >= 11 is 1.31. The Morgan fingerprint density at radius 3 is 2.60 bits per heavy atom. The smallest absolute Gasteiger partial charge is 0.354 e. The molecule has 0 radical (unpaired) electrons. The van der Waals surface area contributed by atoms with Crippen LogP contribution in [0.2, 0.25) is 0 Å². The van der Waals surface area contributed by atoms with Gasteiger partial charge in [0, 0.05) is 10.9 Å². The molecule has 0 aromatic carbocycles. The lowest BCUT2D eigenvalue weighted by Crippen LogP contribution is -2.05. The quantitative estimate of drug-likeness (QED) is 0.656. The second-order valence-corrected chi connectivity index (χ2v) is 5.12. The van der Waals surface area contributed by atoms with Gasteiger partial charge in [-0.3, -0.25) is 10.1 Å². The summed E-state index contributed by atoms with van der Waals surface area (Å²) in [6.45, 7) is 3.68. The monoisotopic (exact) mass is 294 g/mol. The van der Waals surface area contributed by atoms with Gasteiger partial charge >= 0.3 is 11.7 Å². The average molecular weight is 294 g/mol. The van der Waals surface area contributed by atoms with Crippen LogP contribution in [0.5, 0.6) is 0 Å². The molecule has 104 valence electrons. The van der Waals surface area contributed by atoms with Gasteiger partial charge in [-0.1, -0.05) is 0 Å². The first-order valence-corrected chi connectivity index (χ1v) is 6.30. The Hall–Kier alpha value is -2.55. The van der Waals surface area contributed by atoms with E-state index < -0.39 is 10.9 Å². The van der Waals surface area contributed by atoms with E-state index in [1.807, 2.05) is 13.8 Å². The number of nitro groups is 1. The minimum atomic E-state index is -1.26. The second-order valence-electron chi connectivity index (χ2n) is 3.91. The van der Waals surface area contributed by atoms with Crippen LogP contribution in [0.15, 0.2) is 12.1 Å². The van der Waals surface area contributed by atoms with E-state index in [1.54, 1.807) is 0 Å². The number of pyridine rings is 1. The van der Waals surface area contributed by atoms with Crippen LogP contribution in [0.4, 0.5) is 16.6 Å². The third-order valence-electron chi connectivity index (χ3n) is 2.54. The molecule has 0 aliphatic heterocycles. The molecule has 2 rings (SSSR count). The molecular formula is C11H10N4O4S. The Morgan fingerprint density at radius 2 is 2.10 bits per heavy atom. The lowest BCUT2D eigenvalue weighted by molar-refractivity contribution is -0.384. The number of hydrogen-bond acceptors (Lipinski definition) is 7. The molecule has 2 aromatic heterocycles. The zero-order valence-electron chi connectivity index (χ0n) is 10.6. The topological polar surface area (TPSA) is 118 Å². The summed E-state index contributed by atoms with van der Waals surface area (Å²) in [5.41, 5.74) is 0.221. The van der Waals surface area contributed by atoms with Crippen LogP contribution in [0.25, 0.3) is 0 Å². The van der Waals surface area contributed by atoms with E-state index in [9.17, 15) is 14.9 Å². The van der Waals surface area contributed by atoms with Gasteiger partial charge in [-0.25, -0.2) is 14.8 Å². The number of nitrogens with zero attached hydrogens (tertiary/aromatic N) is 3. The molecule has 9 heteroatoms. The number of aromatic nitrogens is 2. The Labute approximate surface area is 117 Å². The highest BCUT2D eigenvalue weighted by Gasteiger charge is 2.19. The maximum absolute atomic E-state index is 10.9. The third-order valence-corrected chi connectivity index (χ3v) is 3.53. The molecule has 0 spiro atoms. The minimum Gasteiger partial charge on any atom is -0.477 e. The van der Waals surface area contributed by atoms with Crippen molar-refractivity contribution >= 4 is 33.9 Å². The zero-order valence-corrected chi connectivity index (χ0v) is 11.4. The Bertz CT molecular complexity index is 678. The predicted octanol–water partition coefficient (Wildman–Crippen LogP) is 2.50. The number of anilines is 2. The minimum absolute atomic E-state index is 0.136. The van der Waals surface area contributed by atoms with Gasteiger partial charge in [0.1, 0.15) is 0 Å². The van der Waals surface area contributed by atoms with E-state index in [-0.39, 0.29) is 17.2 Å². The van der Waals surface area contributed by atoms with Crippen molar-refractivity contribution in [3.05, 3.63) is 38.5 Å². The molecule has 20 heavy (non-hydrogen) atoms. The van der Waals surface area contributed by atoms with Crippen LogP contribution in [0.1, 0.15) is 21.1 Å². The molecule has 0 aliphatic carbocycles. The highest BCUT2D eigenvalue weighted by Crippen LogP contribution is 2.29. The highest BCUT2D eigenvalue weighted by molar-refractivity contribution is 7.15. The number of rotatable bonds is 4. The average Bonchev–Trinajstić information content (AvgIpc) is 2.67. The van der Waals surface area contributed by atoms with Crippen LogP contribution in [0.3, 0.4) is 0 Å². The molecule has 0 saturated carbocycles. The Kier molecular flexibility index (Phi) is 3.61. The fourth-order valence-electron chi connectivity index (χ4n) is 1.44. The first kappa shape index (κ1) is 13.9. The van der Waals surface area contributed by atoms with E-state index in [0.717, 1.165) is 22.7 Å². The van der Waals surface area contributed by atoms with Crippen LogP contribution in [-0.2, 0) is 0 Å². The van der Waals surface area contributed by atoms with Crippen LogP contribution in [-0.4, -0.2) is 26.0 Å². The van der Waals surface area contributed by atoms with Gasteiger partial charge < -0.3 is 10.4 Å². The maximum Gasteiger partial charge on any atom is 0.354 e. The van der Waals surface area contributed by atoms with E-state index in [4.69, 9.17) is 5.11 Å². The Morgan fingerprint density at radius 1 is 1.40 bits per heavy atom. The summed E-state index contributed by atoms with van der Waals surface area (Å²) < 4.78 is 0. The summed E-state index contributed by atoms with van der Waals surface area (Å²) in [5.74, 6) is -1.39. The van der Waals surface area contributed by atoms with Crippen molar-refractivity contribution in [1.29, 1.82) is 0 Å². The number of aromatic carboxylic acids is 1. The molecule has 0 aliphatic rings. The number of nitrogens with one attached hydrogen (secondary N) is 1. The van der Waals surface area contributed by atoms with E-state index in [0.29, 0.717) is 5.13 Å². The fraction of sp³-hybridized carbons (Fsp3) is 0.182. The summed E-state index contributed by atoms with van der Waals surface area (Å²) in [6.07, 6.45) is 0. The molecular weight excluding hydrogens is 284 g/mol. The van der Waals surface area contributed by atoms with Crippen LogP contribution < -0.4 is 5.32 Å². The molecule has 0 amide bonds. The zero-order chi connectivity index (χ0) is 14.9. The summed E-state index contributed by atoms with van der Waals surface area (Å²) in [6, 6.07) is 2.19. The summed E-state index contributed by atoms with van der Waals surface area (Å²) in [5, 5.41) is 22.9. The van der Waals surface area contributed by atoms with Crippen molar-refractivity contribution in [2.75, 3.05) is 5.32 Å². The molecule has 0 saturated heterocycles. The van der Waals surface area contributed by atoms with Crippen molar-refractivity contribution in [2.24, 2.45) is 0 Å². The lowest BCUT2D eigenvalue weighted by atomic mass is 10.3. The van der Waals surface area contributed by atoms with Gasteiger partial charge in [0.05, 0.1) is 10.6 Å². The lowest BCUT2D eigenvalue weighted by Gasteiger charge is -2.03. The van der Waals surface area contributed by atoms with E-state index >= 15 is 0 Å². The Balaban J connectivity index is 2.44. The number of carboxylic acids is 1. The summed E-state index contributed by atoms with van der Waals surface area (Å²) in [4.78, 5) is 30.0. The van der Waals surface area contributed by atoms with Crippen LogP contribution in [0, 0.1) is 24.0 Å². The van der Waals surface area contributed by atoms with Gasteiger partial charge in [0.15, 0.2) is 10.8 Å². The first-order chi connectivity index (χ1) is 9.38. The number of carbonyl (C=O) groups is 1.